The summed E-state index contributed by atoms with van der Waals surface area (Å²) in [4.78, 5) is 31.4. The highest BCUT2D eigenvalue weighted by molar-refractivity contribution is 6.21. The number of hydrogen-bond donors (Lipinski definition) is 2. The Morgan fingerprint density at radius 3 is 2.72 bits per heavy atom. The molecule has 2 aliphatic heterocycles. The average molecular weight is 389 g/mol. The lowest BCUT2D eigenvalue weighted by molar-refractivity contribution is 0.171. The van der Waals surface area contributed by atoms with Crippen molar-refractivity contribution in [1.29, 1.82) is 0 Å². The number of H-pyrrole nitrogens is 1. The van der Waals surface area contributed by atoms with Crippen LogP contribution in [0.2, 0.25) is 0 Å². The highest BCUT2D eigenvalue weighted by Crippen LogP contribution is 2.34. The quantitative estimate of drug-likeness (QED) is 0.699. The molecule has 0 fully saturated rings. The second kappa shape index (κ2) is 6.52. The summed E-state index contributed by atoms with van der Waals surface area (Å²) in [5.74, 6) is 0.543. The van der Waals surface area contributed by atoms with Crippen LogP contribution >= 0.6 is 0 Å². The highest BCUT2D eigenvalue weighted by atomic mass is 16.6. The third-order valence-electron chi connectivity index (χ3n) is 4.76. The minimum Gasteiger partial charge on any atom is -0.494 e. The van der Waals surface area contributed by atoms with E-state index in [0.29, 0.717) is 36.0 Å². The molecule has 2 aromatic carbocycles. The smallest absolute Gasteiger partial charge is 0.335 e. The number of aromatic amines is 1. The van der Waals surface area contributed by atoms with E-state index in [1.54, 1.807) is 24.4 Å². The second-order valence-corrected chi connectivity index (χ2v) is 6.53. The molecular weight excluding hydrogens is 374 g/mol. The zero-order chi connectivity index (χ0) is 20.0. The maximum Gasteiger partial charge on any atom is 0.335 e. The fourth-order valence-electron chi connectivity index (χ4n) is 3.39. The van der Waals surface area contributed by atoms with Gasteiger partial charge < -0.3 is 14.6 Å². The summed E-state index contributed by atoms with van der Waals surface area (Å²) in [6.07, 6.45) is 3.13. The summed E-state index contributed by atoms with van der Waals surface area (Å²) in [5.41, 5.74) is 1.12. The van der Waals surface area contributed by atoms with Crippen molar-refractivity contribution in [3.05, 3.63) is 74.4 Å². The van der Waals surface area contributed by atoms with Crippen LogP contribution in [0.25, 0.3) is 17.3 Å². The highest BCUT2D eigenvalue weighted by Gasteiger charge is 2.19. The summed E-state index contributed by atoms with van der Waals surface area (Å²) in [5, 5.41) is 10.8. The van der Waals surface area contributed by atoms with E-state index >= 15 is 0 Å². The lowest BCUT2D eigenvalue weighted by Gasteiger charge is -2.19. The Morgan fingerprint density at radius 1 is 1.07 bits per heavy atom. The van der Waals surface area contributed by atoms with Crippen LogP contribution < -0.4 is 20.7 Å². The van der Waals surface area contributed by atoms with Gasteiger partial charge >= 0.3 is 5.69 Å². The Labute approximate surface area is 164 Å². The molecule has 0 saturated heterocycles. The molecule has 0 radical (unpaired) electrons. The molecule has 144 valence electrons. The van der Waals surface area contributed by atoms with E-state index in [9.17, 15) is 14.7 Å². The number of allylic oxidation sites excluding steroid dienone is 1. The standard InChI is InChI=1S/C21H15N3O5/c25-19-15(9-12-11-22-16-4-2-1-3-14(12)16)20(26)24(21(27)23-19)13-5-6-17-18(10-13)29-8-7-28-17/h1-6,9-11,26H,7-8H2,(H,23,25,27). The van der Waals surface area contributed by atoms with Gasteiger partial charge in [0.05, 0.1) is 11.4 Å². The second-order valence-electron chi connectivity index (χ2n) is 6.53. The van der Waals surface area contributed by atoms with E-state index in [1.165, 1.54) is 6.08 Å². The molecule has 5 rings (SSSR count). The van der Waals surface area contributed by atoms with Gasteiger partial charge in [0, 0.05) is 23.4 Å². The Kier molecular flexibility index (Phi) is 3.83. The minimum absolute atomic E-state index is 0.0438. The molecule has 0 amide bonds. The molecule has 0 unspecified atom stereocenters. The SMILES string of the molecule is O=c1[nH]c(=O)n(-c2ccc3c(c2)OCCO3)c(O)c1C=C1C=Nc2ccccc21. The third kappa shape index (κ3) is 2.82. The normalized spacial score (nSPS) is 15.5. The van der Waals surface area contributed by atoms with Gasteiger partial charge in [-0.05, 0) is 24.3 Å². The number of ether oxygens (including phenoxy) is 2. The van der Waals surface area contributed by atoms with Crippen LogP contribution in [0.1, 0.15) is 11.1 Å². The first-order valence-corrected chi connectivity index (χ1v) is 8.95. The number of rotatable bonds is 2. The van der Waals surface area contributed by atoms with Gasteiger partial charge in [0.25, 0.3) is 5.56 Å². The van der Waals surface area contributed by atoms with Crippen LogP contribution in [0.4, 0.5) is 5.69 Å². The monoisotopic (exact) mass is 389 g/mol. The van der Waals surface area contributed by atoms with Gasteiger partial charge in [-0.25, -0.2) is 9.36 Å². The van der Waals surface area contributed by atoms with E-state index in [1.807, 2.05) is 24.3 Å². The van der Waals surface area contributed by atoms with Gasteiger partial charge in [-0.15, -0.1) is 0 Å². The van der Waals surface area contributed by atoms with Gasteiger partial charge in [0.1, 0.15) is 18.8 Å². The lowest BCUT2D eigenvalue weighted by atomic mass is 10.1. The maximum absolute atomic E-state index is 12.4. The first-order valence-electron chi connectivity index (χ1n) is 8.95. The summed E-state index contributed by atoms with van der Waals surface area (Å²) in [6, 6.07) is 12.3. The maximum atomic E-state index is 12.4. The van der Waals surface area contributed by atoms with E-state index in [-0.39, 0.29) is 5.56 Å². The molecule has 0 spiro atoms. The number of para-hydroxylation sites is 1. The predicted octanol–water partition coefficient (Wildman–Crippen LogP) is 2.26. The van der Waals surface area contributed by atoms with Crippen LogP contribution in [0, 0.1) is 0 Å². The fourth-order valence-corrected chi connectivity index (χ4v) is 3.39. The van der Waals surface area contributed by atoms with Crippen LogP contribution in [-0.2, 0) is 0 Å². The molecule has 0 saturated carbocycles. The topological polar surface area (TPSA) is 106 Å². The molecule has 8 heteroatoms. The fraction of sp³-hybridized carbons (Fsp3) is 0.0952. The Morgan fingerprint density at radius 2 is 1.86 bits per heavy atom. The first kappa shape index (κ1) is 17.1. The predicted molar refractivity (Wildman–Crippen MR) is 108 cm³/mol. The molecule has 8 nitrogen and oxygen atoms in total. The zero-order valence-electron chi connectivity index (χ0n) is 15.1. The van der Waals surface area contributed by atoms with Crippen molar-refractivity contribution >= 4 is 23.6 Å². The van der Waals surface area contributed by atoms with Gasteiger partial charge in [-0.2, -0.15) is 0 Å². The molecule has 2 aliphatic rings. The van der Waals surface area contributed by atoms with E-state index < -0.39 is 17.1 Å². The molecule has 0 aliphatic carbocycles. The van der Waals surface area contributed by atoms with Crippen LogP contribution in [-0.4, -0.2) is 34.1 Å². The molecule has 3 heterocycles. The molecule has 29 heavy (non-hydrogen) atoms. The van der Waals surface area contributed by atoms with Crippen molar-refractivity contribution in [3.8, 4) is 23.1 Å². The van der Waals surface area contributed by atoms with Crippen LogP contribution in [0.15, 0.2) is 57.0 Å². The largest absolute Gasteiger partial charge is 0.494 e. The lowest BCUT2D eigenvalue weighted by Crippen LogP contribution is -2.30. The van der Waals surface area contributed by atoms with Crippen molar-refractivity contribution in [1.82, 2.24) is 9.55 Å². The summed E-state index contributed by atoms with van der Waals surface area (Å²) >= 11 is 0. The van der Waals surface area contributed by atoms with E-state index in [0.717, 1.165) is 15.8 Å². The van der Waals surface area contributed by atoms with Crippen LogP contribution in [0.5, 0.6) is 17.4 Å². The Hall–Kier alpha value is -4.07. The van der Waals surface area contributed by atoms with Gasteiger partial charge in [-0.3, -0.25) is 14.8 Å². The molecule has 2 N–H and O–H groups in total. The van der Waals surface area contributed by atoms with E-state index in [2.05, 4.69) is 9.98 Å². The number of aromatic nitrogens is 2. The number of hydrogen-bond acceptors (Lipinski definition) is 6. The summed E-state index contributed by atoms with van der Waals surface area (Å²) in [7, 11) is 0. The average Bonchev–Trinajstić information content (AvgIpc) is 3.14. The number of aromatic hydroxyl groups is 1. The van der Waals surface area contributed by atoms with Gasteiger partial charge in [0.2, 0.25) is 5.88 Å². The number of nitrogens with one attached hydrogen (secondary N) is 1. The molecule has 0 atom stereocenters. The van der Waals surface area contributed by atoms with Crippen molar-refractivity contribution < 1.29 is 14.6 Å². The van der Waals surface area contributed by atoms with Crippen molar-refractivity contribution in [3.63, 3.8) is 0 Å². The van der Waals surface area contributed by atoms with E-state index in [4.69, 9.17) is 9.47 Å². The number of benzene rings is 2. The third-order valence-corrected chi connectivity index (χ3v) is 4.76. The van der Waals surface area contributed by atoms with Crippen molar-refractivity contribution in [2.75, 3.05) is 13.2 Å². The van der Waals surface area contributed by atoms with Crippen molar-refractivity contribution in [2.24, 2.45) is 4.99 Å². The Balaban J connectivity index is 1.67. The van der Waals surface area contributed by atoms with Crippen LogP contribution in [0.3, 0.4) is 0 Å². The summed E-state index contributed by atoms with van der Waals surface area (Å²) in [6.45, 7) is 0.829. The zero-order valence-corrected chi connectivity index (χ0v) is 15.1. The first-order chi connectivity index (χ1) is 14.1. The minimum atomic E-state index is -0.758. The molecule has 3 aromatic rings. The molecule has 0 bridgehead atoms. The van der Waals surface area contributed by atoms with Crippen molar-refractivity contribution in [2.45, 2.75) is 0 Å². The Bertz CT molecular complexity index is 1320. The van der Waals surface area contributed by atoms with Gasteiger partial charge in [-0.1, -0.05) is 18.2 Å². The number of nitrogens with zero attached hydrogens (tertiary/aromatic N) is 2. The summed E-state index contributed by atoms with van der Waals surface area (Å²) < 4.78 is 12.0. The molecule has 1 aromatic heterocycles. The number of aliphatic imine (C=N–C) groups is 1. The number of fused-ring (bicyclic) bond motifs is 2. The van der Waals surface area contributed by atoms with Gasteiger partial charge in [0.15, 0.2) is 11.5 Å². The molecular formula is C21H15N3O5.